The summed E-state index contributed by atoms with van der Waals surface area (Å²) in [5.74, 6) is 0.150. The van der Waals surface area contributed by atoms with E-state index in [1.807, 2.05) is 30.3 Å². The smallest absolute Gasteiger partial charge is 0.211 e. The lowest BCUT2D eigenvalue weighted by Crippen LogP contribution is -2.21. The Labute approximate surface area is 110 Å². The van der Waals surface area contributed by atoms with Gasteiger partial charge in [-0.2, -0.15) is 5.10 Å². The molecule has 5 N–H and O–H groups in total. The van der Waals surface area contributed by atoms with Crippen molar-refractivity contribution in [3.63, 3.8) is 0 Å². The third-order valence-corrected chi connectivity index (χ3v) is 2.45. The van der Waals surface area contributed by atoms with Crippen LogP contribution < -0.4 is 11.5 Å². The summed E-state index contributed by atoms with van der Waals surface area (Å²) in [5.41, 5.74) is 13.1. The van der Waals surface area contributed by atoms with Crippen molar-refractivity contribution in [3.8, 4) is 16.9 Å². The molecule has 0 spiro atoms. The third kappa shape index (κ3) is 3.57. The molecule has 2 aromatic rings. The summed E-state index contributed by atoms with van der Waals surface area (Å²) in [4.78, 5) is 0. The maximum atomic E-state index is 9.47. The Bertz CT molecular complexity index is 631. The average Bonchev–Trinajstić information content (AvgIpc) is 2.39. The molecule has 0 bridgehead atoms. The first-order valence-corrected chi connectivity index (χ1v) is 5.66. The molecule has 0 saturated carbocycles. The SMILES string of the molecule is NC(N)=NN=Cc1cccc(-c2cccc(O)c2)c1. The molecule has 0 aromatic heterocycles. The molecule has 0 radical (unpaired) electrons. The number of nitrogens with zero attached hydrogens (tertiary/aromatic N) is 2. The summed E-state index contributed by atoms with van der Waals surface area (Å²) < 4.78 is 0. The van der Waals surface area contributed by atoms with Crippen LogP contribution in [0.3, 0.4) is 0 Å². The highest BCUT2D eigenvalue weighted by Crippen LogP contribution is 2.23. The van der Waals surface area contributed by atoms with Crippen LogP contribution in [0.1, 0.15) is 5.56 Å². The fraction of sp³-hybridized carbons (Fsp3) is 0. The second-order valence-corrected chi connectivity index (χ2v) is 3.95. The van der Waals surface area contributed by atoms with Crippen molar-refractivity contribution in [1.29, 1.82) is 0 Å². The molecule has 2 aromatic carbocycles. The predicted octanol–water partition coefficient (Wildman–Crippen LogP) is 1.67. The third-order valence-electron chi connectivity index (χ3n) is 2.45. The lowest BCUT2D eigenvalue weighted by Gasteiger charge is -2.03. The normalized spacial score (nSPS) is 10.5. The molecule has 2 rings (SSSR count). The Morgan fingerprint density at radius 3 is 2.37 bits per heavy atom. The molecule has 0 atom stereocenters. The van der Waals surface area contributed by atoms with E-state index in [1.54, 1.807) is 24.4 Å². The minimum Gasteiger partial charge on any atom is -0.508 e. The van der Waals surface area contributed by atoms with Crippen LogP contribution in [0.25, 0.3) is 11.1 Å². The largest absolute Gasteiger partial charge is 0.508 e. The summed E-state index contributed by atoms with van der Waals surface area (Å²) in [7, 11) is 0. The minimum absolute atomic E-state index is 0.0830. The number of rotatable bonds is 3. The van der Waals surface area contributed by atoms with Crippen molar-refractivity contribution in [1.82, 2.24) is 0 Å². The molecule has 0 unspecified atom stereocenters. The predicted molar refractivity (Wildman–Crippen MR) is 76.9 cm³/mol. The van der Waals surface area contributed by atoms with E-state index in [0.717, 1.165) is 16.7 Å². The van der Waals surface area contributed by atoms with Crippen LogP contribution in [-0.2, 0) is 0 Å². The van der Waals surface area contributed by atoms with Crippen molar-refractivity contribution in [2.45, 2.75) is 0 Å². The van der Waals surface area contributed by atoms with Gasteiger partial charge in [0.05, 0.1) is 6.21 Å². The van der Waals surface area contributed by atoms with Gasteiger partial charge in [-0.1, -0.05) is 30.3 Å². The Morgan fingerprint density at radius 2 is 1.68 bits per heavy atom. The number of phenols is 1. The second-order valence-electron chi connectivity index (χ2n) is 3.95. The van der Waals surface area contributed by atoms with Gasteiger partial charge in [-0.3, -0.25) is 0 Å². The van der Waals surface area contributed by atoms with Crippen LogP contribution in [0.4, 0.5) is 0 Å². The lowest BCUT2D eigenvalue weighted by molar-refractivity contribution is 0.475. The summed E-state index contributed by atoms with van der Waals surface area (Å²) >= 11 is 0. The zero-order valence-electron chi connectivity index (χ0n) is 10.2. The van der Waals surface area contributed by atoms with Gasteiger partial charge in [0.1, 0.15) is 5.75 Å². The fourth-order valence-corrected chi connectivity index (χ4v) is 1.65. The number of phenolic OH excluding ortho intramolecular Hbond substituents is 1. The molecule has 0 saturated heterocycles. The highest BCUT2D eigenvalue weighted by atomic mass is 16.3. The molecule has 0 aliphatic heterocycles. The van der Waals surface area contributed by atoms with E-state index in [1.165, 1.54) is 0 Å². The number of benzene rings is 2. The monoisotopic (exact) mass is 254 g/mol. The van der Waals surface area contributed by atoms with Crippen molar-refractivity contribution in [2.24, 2.45) is 21.7 Å². The topological polar surface area (TPSA) is 97.0 Å². The van der Waals surface area contributed by atoms with Gasteiger partial charge in [-0.25, -0.2) is 0 Å². The number of guanidine groups is 1. The van der Waals surface area contributed by atoms with Crippen molar-refractivity contribution >= 4 is 12.2 Å². The van der Waals surface area contributed by atoms with Crippen LogP contribution in [0.15, 0.2) is 58.7 Å². The van der Waals surface area contributed by atoms with Crippen molar-refractivity contribution in [2.75, 3.05) is 0 Å². The highest BCUT2D eigenvalue weighted by Gasteiger charge is 1.99. The summed E-state index contributed by atoms with van der Waals surface area (Å²) in [6.07, 6.45) is 1.56. The Hall–Kier alpha value is -2.82. The fourth-order valence-electron chi connectivity index (χ4n) is 1.65. The number of hydrogen-bond donors (Lipinski definition) is 3. The van der Waals surface area contributed by atoms with E-state index in [-0.39, 0.29) is 11.7 Å². The Morgan fingerprint density at radius 1 is 1.00 bits per heavy atom. The maximum absolute atomic E-state index is 9.47. The van der Waals surface area contributed by atoms with Crippen LogP contribution in [-0.4, -0.2) is 17.3 Å². The van der Waals surface area contributed by atoms with Crippen molar-refractivity contribution in [3.05, 3.63) is 54.1 Å². The molecule has 0 amide bonds. The first kappa shape index (κ1) is 12.6. The molecule has 0 aliphatic carbocycles. The van der Waals surface area contributed by atoms with E-state index in [0.29, 0.717) is 0 Å². The van der Waals surface area contributed by atoms with Gasteiger partial charge >= 0.3 is 0 Å². The van der Waals surface area contributed by atoms with E-state index in [9.17, 15) is 5.11 Å². The standard InChI is InChI=1S/C14H14N4O/c15-14(16)18-17-9-10-3-1-4-11(7-10)12-5-2-6-13(19)8-12/h1-9,19H,(H4,15,16,18). The van der Waals surface area contributed by atoms with Crippen LogP contribution in [0, 0.1) is 0 Å². The number of nitrogens with two attached hydrogens (primary N) is 2. The van der Waals surface area contributed by atoms with Gasteiger partial charge in [0.15, 0.2) is 0 Å². The first-order chi connectivity index (χ1) is 9.15. The van der Waals surface area contributed by atoms with Gasteiger partial charge in [0.25, 0.3) is 0 Å². The van der Waals surface area contributed by atoms with Crippen LogP contribution in [0.2, 0.25) is 0 Å². The van der Waals surface area contributed by atoms with E-state index >= 15 is 0 Å². The average molecular weight is 254 g/mol. The van der Waals surface area contributed by atoms with Gasteiger partial charge in [0.2, 0.25) is 5.96 Å². The first-order valence-electron chi connectivity index (χ1n) is 5.66. The second kappa shape index (κ2) is 5.68. The summed E-state index contributed by atoms with van der Waals surface area (Å²) in [6, 6.07) is 14.7. The van der Waals surface area contributed by atoms with E-state index < -0.39 is 0 Å². The minimum atomic E-state index is -0.0830. The molecule has 96 valence electrons. The van der Waals surface area contributed by atoms with E-state index in [2.05, 4.69) is 10.2 Å². The van der Waals surface area contributed by atoms with Gasteiger partial charge in [0, 0.05) is 0 Å². The lowest BCUT2D eigenvalue weighted by atomic mass is 10.0. The van der Waals surface area contributed by atoms with Gasteiger partial charge in [-0.05, 0) is 34.9 Å². The molecule has 0 heterocycles. The van der Waals surface area contributed by atoms with Crippen LogP contribution >= 0.6 is 0 Å². The number of hydrogen-bond acceptors (Lipinski definition) is 3. The maximum Gasteiger partial charge on any atom is 0.211 e. The summed E-state index contributed by atoms with van der Waals surface area (Å²) in [5, 5.41) is 16.8. The van der Waals surface area contributed by atoms with Gasteiger partial charge < -0.3 is 16.6 Å². The molecular formula is C14H14N4O. The van der Waals surface area contributed by atoms with Crippen LogP contribution in [0.5, 0.6) is 5.75 Å². The molecule has 19 heavy (non-hydrogen) atoms. The van der Waals surface area contributed by atoms with Crippen molar-refractivity contribution < 1.29 is 5.11 Å². The number of aromatic hydroxyl groups is 1. The highest BCUT2D eigenvalue weighted by molar-refractivity contribution is 5.83. The quantitative estimate of drug-likeness (QED) is 0.441. The zero-order valence-corrected chi connectivity index (χ0v) is 10.2. The summed E-state index contributed by atoms with van der Waals surface area (Å²) in [6.45, 7) is 0. The molecule has 0 aliphatic rings. The molecule has 5 nitrogen and oxygen atoms in total. The Balaban J connectivity index is 2.29. The molecular weight excluding hydrogens is 240 g/mol. The van der Waals surface area contributed by atoms with E-state index in [4.69, 9.17) is 11.5 Å². The van der Waals surface area contributed by atoms with Gasteiger partial charge in [-0.15, -0.1) is 5.10 Å². The molecule has 5 heteroatoms. The zero-order chi connectivity index (χ0) is 13.7. The molecule has 0 fully saturated rings. The Kier molecular flexibility index (Phi) is 3.78.